The molecule has 5 nitrogen and oxygen atoms in total. The van der Waals surface area contributed by atoms with Crippen LogP contribution in [0.3, 0.4) is 0 Å². The molecule has 0 fully saturated rings. The van der Waals surface area contributed by atoms with Crippen molar-refractivity contribution in [1.82, 2.24) is 20.1 Å². The zero-order valence-corrected chi connectivity index (χ0v) is 16.5. The maximum absolute atomic E-state index is 14.5. The first-order valence-electron chi connectivity index (χ1n) is 9.18. The van der Waals surface area contributed by atoms with Crippen LogP contribution in [0.15, 0.2) is 54.7 Å². The molecule has 0 saturated heterocycles. The van der Waals surface area contributed by atoms with E-state index in [4.69, 9.17) is 0 Å². The van der Waals surface area contributed by atoms with Crippen molar-refractivity contribution >= 4 is 16.9 Å². The molecule has 2 heterocycles. The van der Waals surface area contributed by atoms with Crippen LogP contribution in [-0.4, -0.2) is 40.1 Å². The monoisotopic (exact) mass is 428 g/mol. The fourth-order valence-corrected chi connectivity index (χ4v) is 3.25. The Morgan fingerprint density at radius 1 is 1.03 bits per heavy atom. The van der Waals surface area contributed by atoms with E-state index in [1.165, 1.54) is 4.90 Å². The average molecular weight is 428 g/mol. The van der Waals surface area contributed by atoms with Gasteiger partial charge in [-0.25, -0.2) is 9.37 Å². The number of fused-ring (bicyclic) bond motifs is 1. The first-order valence-corrected chi connectivity index (χ1v) is 9.18. The Balaban J connectivity index is 1.80. The molecule has 31 heavy (non-hydrogen) atoms. The fraction of sp³-hybridized carbons (Fsp3) is 0.136. The number of carbonyl (C=O) groups is 1. The number of nitrogens with zero attached hydrogens (tertiary/aromatic N) is 3. The van der Waals surface area contributed by atoms with E-state index in [2.05, 4.69) is 15.2 Å². The number of carbonyl (C=O) groups excluding carboxylic acids is 1. The topological polar surface area (TPSA) is 61.9 Å². The number of H-pyrrole nitrogens is 1. The summed E-state index contributed by atoms with van der Waals surface area (Å²) in [5.41, 5.74) is 1.24. The third-order valence-corrected chi connectivity index (χ3v) is 4.82. The van der Waals surface area contributed by atoms with Gasteiger partial charge in [0.25, 0.3) is 5.91 Å². The van der Waals surface area contributed by atoms with Gasteiger partial charge in [-0.1, -0.05) is 12.1 Å². The highest BCUT2D eigenvalue weighted by atomic mass is 19.4. The zero-order valence-electron chi connectivity index (χ0n) is 16.5. The Hall–Kier alpha value is -3.75. The van der Waals surface area contributed by atoms with Gasteiger partial charge in [0.1, 0.15) is 5.82 Å². The predicted octanol–water partition coefficient (Wildman–Crippen LogP) is 5.15. The maximum atomic E-state index is 14.5. The van der Waals surface area contributed by atoms with Gasteiger partial charge in [0.2, 0.25) is 0 Å². The van der Waals surface area contributed by atoms with Crippen molar-refractivity contribution in [3.63, 3.8) is 0 Å². The average Bonchev–Trinajstić information content (AvgIpc) is 3.15. The molecule has 0 saturated carbocycles. The molecule has 0 unspecified atom stereocenters. The van der Waals surface area contributed by atoms with Crippen LogP contribution in [-0.2, 0) is 6.18 Å². The van der Waals surface area contributed by atoms with Crippen LogP contribution < -0.4 is 0 Å². The minimum Gasteiger partial charge on any atom is -0.345 e. The number of nitrogens with one attached hydrogen (secondary N) is 1. The van der Waals surface area contributed by atoms with E-state index in [0.717, 1.165) is 12.1 Å². The number of alkyl halides is 3. The van der Waals surface area contributed by atoms with Gasteiger partial charge in [-0.05, 0) is 42.0 Å². The molecule has 0 aliphatic rings. The molecule has 2 aromatic carbocycles. The van der Waals surface area contributed by atoms with Crippen LogP contribution in [0.5, 0.6) is 0 Å². The standard InChI is InChI=1S/C22H16F4N4O/c1-30(2)21(31)13-5-3-4-12(8-13)14-9-17-19(28-29-20(17)27-11-14)16-7-6-15(10-18(16)23)22(24,25)26/h3-11H,1-2H3,(H,27,28,29). The van der Waals surface area contributed by atoms with Crippen molar-refractivity contribution in [3.05, 3.63) is 71.7 Å². The summed E-state index contributed by atoms with van der Waals surface area (Å²) >= 11 is 0. The zero-order chi connectivity index (χ0) is 22.3. The predicted molar refractivity (Wildman–Crippen MR) is 108 cm³/mol. The van der Waals surface area contributed by atoms with Crippen LogP contribution in [0.4, 0.5) is 17.6 Å². The first kappa shape index (κ1) is 20.5. The normalized spacial score (nSPS) is 11.7. The molecule has 0 aliphatic carbocycles. The highest BCUT2D eigenvalue weighted by Crippen LogP contribution is 2.35. The van der Waals surface area contributed by atoms with Crippen LogP contribution in [0.2, 0.25) is 0 Å². The highest BCUT2D eigenvalue weighted by Gasteiger charge is 2.31. The summed E-state index contributed by atoms with van der Waals surface area (Å²) in [7, 11) is 3.30. The number of aromatic nitrogens is 3. The summed E-state index contributed by atoms with van der Waals surface area (Å²) in [5, 5.41) is 7.13. The lowest BCUT2D eigenvalue weighted by atomic mass is 10.0. The molecule has 0 aliphatic heterocycles. The Morgan fingerprint density at radius 3 is 2.48 bits per heavy atom. The number of pyridine rings is 1. The summed E-state index contributed by atoms with van der Waals surface area (Å²) < 4.78 is 53.1. The van der Waals surface area contributed by atoms with Gasteiger partial charge >= 0.3 is 6.18 Å². The Kier molecular flexibility index (Phi) is 4.96. The van der Waals surface area contributed by atoms with Gasteiger partial charge in [0.05, 0.1) is 11.3 Å². The quantitative estimate of drug-likeness (QED) is 0.459. The van der Waals surface area contributed by atoms with E-state index in [0.29, 0.717) is 33.8 Å². The van der Waals surface area contributed by atoms with Crippen LogP contribution in [0.25, 0.3) is 33.4 Å². The van der Waals surface area contributed by atoms with Crippen molar-refractivity contribution in [1.29, 1.82) is 0 Å². The second kappa shape index (κ2) is 7.50. The fourth-order valence-electron chi connectivity index (χ4n) is 3.25. The van der Waals surface area contributed by atoms with E-state index in [-0.39, 0.29) is 17.2 Å². The molecule has 0 bridgehead atoms. The molecular formula is C22H16F4N4O. The SMILES string of the molecule is CN(C)C(=O)c1cccc(-c2cnc3n[nH]c(-c4ccc(C(F)(F)F)cc4F)c3c2)c1. The maximum Gasteiger partial charge on any atom is 0.416 e. The van der Waals surface area contributed by atoms with E-state index >= 15 is 0 Å². The second-order valence-electron chi connectivity index (χ2n) is 7.17. The number of hydrogen-bond acceptors (Lipinski definition) is 3. The number of aromatic amines is 1. The van der Waals surface area contributed by atoms with Gasteiger partial charge in [-0.2, -0.15) is 18.3 Å². The molecule has 0 radical (unpaired) electrons. The molecule has 158 valence electrons. The van der Waals surface area contributed by atoms with Gasteiger partial charge in [-0.3, -0.25) is 9.89 Å². The highest BCUT2D eigenvalue weighted by molar-refractivity contribution is 5.96. The van der Waals surface area contributed by atoms with Gasteiger partial charge in [0.15, 0.2) is 5.65 Å². The summed E-state index contributed by atoms with van der Waals surface area (Å²) in [6, 6.07) is 11.0. The molecule has 0 spiro atoms. The molecule has 4 aromatic rings. The van der Waals surface area contributed by atoms with E-state index in [1.54, 1.807) is 50.6 Å². The van der Waals surface area contributed by atoms with Crippen molar-refractivity contribution in [3.8, 4) is 22.4 Å². The van der Waals surface area contributed by atoms with E-state index in [9.17, 15) is 22.4 Å². The summed E-state index contributed by atoms with van der Waals surface area (Å²) in [6.07, 6.45) is -3.07. The minimum atomic E-state index is -4.64. The number of amides is 1. The molecular weight excluding hydrogens is 412 g/mol. The minimum absolute atomic E-state index is 0.0500. The number of hydrogen-bond donors (Lipinski definition) is 1. The molecule has 1 N–H and O–H groups in total. The Labute approximate surface area is 174 Å². The second-order valence-corrected chi connectivity index (χ2v) is 7.17. The van der Waals surface area contributed by atoms with Crippen LogP contribution in [0, 0.1) is 5.82 Å². The summed E-state index contributed by atoms with van der Waals surface area (Å²) in [5.74, 6) is -1.18. The number of benzene rings is 2. The smallest absolute Gasteiger partial charge is 0.345 e. The largest absolute Gasteiger partial charge is 0.416 e. The van der Waals surface area contributed by atoms with Crippen molar-refractivity contribution in [2.24, 2.45) is 0 Å². The Bertz CT molecular complexity index is 1290. The third kappa shape index (κ3) is 3.86. The van der Waals surface area contributed by atoms with Crippen LogP contribution in [0.1, 0.15) is 15.9 Å². The van der Waals surface area contributed by atoms with Gasteiger partial charge in [0, 0.05) is 42.4 Å². The number of halogens is 4. The molecule has 0 atom stereocenters. The summed E-state index contributed by atoms with van der Waals surface area (Å²) in [4.78, 5) is 18.0. The first-order chi connectivity index (χ1) is 14.6. The molecule has 9 heteroatoms. The lowest BCUT2D eigenvalue weighted by Crippen LogP contribution is -2.21. The van der Waals surface area contributed by atoms with Crippen LogP contribution >= 0.6 is 0 Å². The molecule has 4 rings (SSSR count). The molecule has 1 amide bonds. The van der Waals surface area contributed by atoms with Crippen molar-refractivity contribution < 1.29 is 22.4 Å². The lowest BCUT2D eigenvalue weighted by molar-refractivity contribution is -0.137. The molecule has 2 aromatic heterocycles. The lowest BCUT2D eigenvalue weighted by Gasteiger charge is -2.11. The van der Waals surface area contributed by atoms with Crippen molar-refractivity contribution in [2.75, 3.05) is 14.1 Å². The van der Waals surface area contributed by atoms with Crippen molar-refractivity contribution in [2.45, 2.75) is 6.18 Å². The Morgan fingerprint density at radius 2 is 1.81 bits per heavy atom. The van der Waals surface area contributed by atoms with E-state index in [1.807, 2.05) is 0 Å². The van der Waals surface area contributed by atoms with E-state index < -0.39 is 17.6 Å². The third-order valence-electron chi connectivity index (χ3n) is 4.82. The van der Waals surface area contributed by atoms with Gasteiger partial charge < -0.3 is 4.90 Å². The number of rotatable bonds is 3. The summed E-state index contributed by atoms with van der Waals surface area (Å²) in [6.45, 7) is 0. The van der Waals surface area contributed by atoms with Gasteiger partial charge in [-0.15, -0.1) is 0 Å².